The highest BCUT2D eigenvalue weighted by atomic mass is 32.2. The van der Waals surface area contributed by atoms with Crippen molar-refractivity contribution in [3.05, 3.63) is 40.7 Å². The standard InChI is InChI=1S/C25H31N5O4S2/c1-15-6-7-19-20(14-15)35-25(27-19)28-23(31)18-8-12-30(13-9-18)36(33,34)22-17(3)26-16(2)21(22)24(32)29-10-4-5-11-29/h6-7,14,18,26H,4-5,8-13H2,1-3H3,(H,27,28,31). The number of benzene rings is 1. The van der Waals surface area contributed by atoms with E-state index < -0.39 is 10.0 Å². The van der Waals surface area contributed by atoms with E-state index in [-0.39, 0.29) is 41.3 Å². The normalized spacial score (nSPS) is 17.7. The van der Waals surface area contributed by atoms with E-state index in [2.05, 4.69) is 15.3 Å². The first-order valence-electron chi connectivity index (χ1n) is 12.3. The Morgan fingerprint density at radius 3 is 2.44 bits per heavy atom. The summed E-state index contributed by atoms with van der Waals surface area (Å²) < 4.78 is 29.8. The van der Waals surface area contributed by atoms with Crippen LogP contribution in [0.2, 0.25) is 0 Å². The highest BCUT2D eigenvalue weighted by molar-refractivity contribution is 7.89. The summed E-state index contributed by atoms with van der Waals surface area (Å²) in [4.78, 5) is 35.5. The molecular formula is C25H31N5O4S2. The van der Waals surface area contributed by atoms with Gasteiger partial charge >= 0.3 is 0 Å². The molecule has 2 fully saturated rings. The monoisotopic (exact) mass is 529 g/mol. The summed E-state index contributed by atoms with van der Waals surface area (Å²) in [6.45, 7) is 7.20. The third-order valence-electron chi connectivity index (χ3n) is 7.12. The number of hydrogen-bond donors (Lipinski definition) is 2. The molecule has 5 rings (SSSR count). The van der Waals surface area contributed by atoms with Crippen molar-refractivity contribution < 1.29 is 18.0 Å². The van der Waals surface area contributed by atoms with Gasteiger partial charge in [0.25, 0.3) is 5.91 Å². The van der Waals surface area contributed by atoms with Crippen LogP contribution in [0.25, 0.3) is 10.2 Å². The van der Waals surface area contributed by atoms with Gasteiger partial charge in [0.05, 0.1) is 15.8 Å². The number of sulfonamides is 1. The molecule has 9 nitrogen and oxygen atoms in total. The number of thiazole rings is 1. The van der Waals surface area contributed by atoms with Crippen LogP contribution in [0.1, 0.15) is 53.0 Å². The van der Waals surface area contributed by atoms with Gasteiger partial charge in [-0.2, -0.15) is 4.31 Å². The SMILES string of the molecule is Cc1ccc2nc(NC(=O)C3CCN(S(=O)(=O)c4c(C)[nH]c(C)c4C(=O)N4CCCC4)CC3)sc2c1. The van der Waals surface area contributed by atoms with E-state index in [0.29, 0.717) is 42.5 Å². The van der Waals surface area contributed by atoms with Crippen molar-refractivity contribution in [3.8, 4) is 0 Å². The van der Waals surface area contributed by atoms with E-state index in [4.69, 9.17) is 0 Å². The summed E-state index contributed by atoms with van der Waals surface area (Å²) in [6.07, 6.45) is 2.69. The smallest absolute Gasteiger partial charge is 0.257 e. The summed E-state index contributed by atoms with van der Waals surface area (Å²) in [7, 11) is -3.89. The van der Waals surface area contributed by atoms with E-state index >= 15 is 0 Å². The molecule has 36 heavy (non-hydrogen) atoms. The zero-order valence-electron chi connectivity index (χ0n) is 20.8. The first-order chi connectivity index (χ1) is 17.1. The third-order valence-corrected chi connectivity index (χ3v) is 10.1. The topological polar surface area (TPSA) is 115 Å². The van der Waals surface area contributed by atoms with Crippen LogP contribution >= 0.6 is 11.3 Å². The van der Waals surface area contributed by atoms with Gasteiger partial charge in [0.15, 0.2) is 5.13 Å². The predicted molar refractivity (Wildman–Crippen MR) is 140 cm³/mol. The molecule has 192 valence electrons. The van der Waals surface area contributed by atoms with Crippen molar-refractivity contribution in [3.63, 3.8) is 0 Å². The number of aromatic amines is 1. The molecule has 0 atom stereocenters. The van der Waals surface area contributed by atoms with E-state index in [0.717, 1.165) is 28.6 Å². The van der Waals surface area contributed by atoms with Gasteiger partial charge in [-0.25, -0.2) is 13.4 Å². The Morgan fingerprint density at radius 1 is 1.06 bits per heavy atom. The molecule has 2 aliphatic heterocycles. The van der Waals surface area contributed by atoms with Crippen molar-refractivity contribution >= 4 is 48.5 Å². The van der Waals surface area contributed by atoms with Gasteiger partial charge in [0.1, 0.15) is 4.90 Å². The minimum atomic E-state index is -3.89. The summed E-state index contributed by atoms with van der Waals surface area (Å²) in [5.74, 6) is -0.667. The van der Waals surface area contributed by atoms with E-state index in [1.165, 1.54) is 15.6 Å². The lowest BCUT2D eigenvalue weighted by Gasteiger charge is -2.30. The number of hydrogen-bond acceptors (Lipinski definition) is 6. The Bertz CT molecular complexity index is 1430. The average molecular weight is 530 g/mol. The van der Waals surface area contributed by atoms with Crippen LogP contribution in [0.4, 0.5) is 5.13 Å². The Labute approximate surface area is 214 Å². The Hall–Kier alpha value is -2.76. The second kappa shape index (κ2) is 9.60. The highest BCUT2D eigenvalue weighted by Crippen LogP contribution is 2.32. The van der Waals surface area contributed by atoms with Gasteiger partial charge in [0, 0.05) is 43.5 Å². The number of nitrogens with zero attached hydrogens (tertiary/aromatic N) is 3. The van der Waals surface area contributed by atoms with Crippen LogP contribution in [0, 0.1) is 26.7 Å². The Morgan fingerprint density at radius 2 is 1.75 bits per heavy atom. The predicted octanol–water partition coefficient (Wildman–Crippen LogP) is 3.83. The maximum Gasteiger partial charge on any atom is 0.257 e. The van der Waals surface area contributed by atoms with E-state index in [9.17, 15) is 18.0 Å². The molecule has 2 aromatic heterocycles. The minimum absolute atomic E-state index is 0.0737. The number of likely N-dealkylation sites (tertiary alicyclic amines) is 1. The quantitative estimate of drug-likeness (QED) is 0.521. The highest BCUT2D eigenvalue weighted by Gasteiger charge is 2.38. The maximum absolute atomic E-state index is 13.7. The van der Waals surface area contributed by atoms with Crippen LogP contribution in [0.5, 0.6) is 0 Å². The molecule has 0 bridgehead atoms. The van der Waals surface area contributed by atoms with Gasteiger partial charge in [0.2, 0.25) is 15.9 Å². The van der Waals surface area contributed by atoms with Crippen molar-refractivity contribution in [1.29, 1.82) is 0 Å². The molecule has 2 aliphatic rings. The van der Waals surface area contributed by atoms with Gasteiger partial charge in [-0.05, 0) is 64.2 Å². The summed E-state index contributed by atoms with van der Waals surface area (Å²) in [5, 5.41) is 3.47. The second-order valence-electron chi connectivity index (χ2n) is 9.74. The minimum Gasteiger partial charge on any atom is -0.361 e. The number of carbonyl (C=O) groups is 2. The van der Waals surface area contributed by atoms with Crippen LogP contribution in [-0.2, 0) is 14.8 Å². The molecule has 1 aromatic carbocycles. The number of carbonyl (C=O) groups excluding carboxylic acids is 2. The number of aryl methyl sites for hydroxylation is 3. The zero-order chi connectivity index (χ0) is 25.6. The number of H-pyrrole nitrogens is 1. The number of amides is 2. The lowest BCUT2D eigenvalue weighted by atomic mass is 9.97. The Kier molecular flexibility index (Phi) is 6.65. The van der Waals surface area contributed by atoms with Crippen LogP contribution in [0.15, 0.2) is 23.1 Å². The molecular weight excluding hydrogens is 498 g/mol. The fraction of sp³-hybridized carbons (Fsp3) is 0.480. The number of rotatable bonds is 5. The van der Waals surface area contributed by atoms with Gasteiger partial charge in [-0.3, -0.25) is 9.59 Å². The maximum atomic E-state index is 13.7. The summed E-state index contributed by atoms with van der Waals surface area (Å²) in [6, 6.07) is 5.97. The molecule has 0 radical (unpaired) electrons. The zero-order valence-corrected chi connectivity index (χ0v) is 22.4. The molecule has 0 unspecified atom stereocenters. The molecule has 2 saturated heterocycles. The van der Waals surface area contributed by atoms with Gasteiger partial charge in [-0.15, -0.1) is 0 Å². The molecule has 4 heterocycles. The fourth-order valence-corrected chi connectivity index (χ4v) is 8.05. The molecule has 11 heteroatoms. The van der Waals surface area contributed by atoms with Crippen molar-refractivity contribution in [2.75, 3.05) is 31.5 Å². The molecule has 2 amide bonds. The van der Waals surface area contributed by atoms with Crippen molar-refractivity contribution in [1.82, 2.24) is 19.2 Å². The van der Waals surface area contributed by atoms with Gasteiger partial charge in [-0.1, -0.05) is 17.4 Å². The number of piperidine rings is 1. The van der Waals surface area contributed by atoms with Crippen molar-refractivity contribution in [2.45, 2.75) is 51.3 Å². The molecule has 0 saturated carbocycles. The van der Waals surface area contributed by atoms with E-state index in [1.807, 2.05) is 25.1 Å². The Balaban J connectivity index is 1.28. The molecule has 0 spiro atoms. The molecule has 2 N–H and O–H groups in total. The van der Waals surface area contributed by atoms with E-state index in [1.54, 1.807) is 18.7 Å². The van der Waals surface area contributed by atoms with Gasteiger partial charge < -0.3 is 15.2 Å². The van der Waals surface area contributed by atoms with Crippen LogP contribution in [-0.4, -0.2) is 65.6 Å². The third kappa shape index (κ3) is 4.55. The number of nitrogens with one attached hydrogen (secondary N) is 2. The van der Waals surface area contributed by atoms with Crippen LogP contribution < -0.4 is 5.32 Å². The molecule has 0 aliphatic carbocycles. The number of fused-ring (bicyclic) bond motifs is 1. The molecule has 3 aromatic rings. The summed E-state index contributed by atoms with van der Waals surface area (Å²) >= 11 is 1.44. The summed E-state index contributed by atoms with van der Waals surface area (Å²) in [5.41, 5.74) is 3.28. The first-order valence-corrected chi connectivity index (χ1v) is 14.6. The van der Waals surface area contributed by atoms with Crippen molar-refractivity contribution in [2.24, 2.45) is 5.92 Å². The number of aromatic nitrogens is 2. The average Bonchev–Trinajstić information content (AvgIpc) is 3.57. The first kappa shape index (κ1) is 24.9. The van der Waals surface area contributed by atoms with Crippen LogP contribution in [0.3, 0.4) is 0 Å². The lowest BCUT2D eigenvalue weighted by molar-refractivity contribution is -0.120. The fourth-order valence-electron chi connectivity index (χ4n) is 5.20. The largest absolute Gasteiger partial charge is 0.361 e. The lowest BCUT2D eigenvalue weighted by Crippen LogP contribution is -2.42. The number of anilines is 1. The second-order valence-corrected chi connectivity index (χ2v) is 12.6.